The lowest BCUT2D eigenvalue weighted by Crippen LogP contribution is -2.26. The maximum absolute atomic E-state index is 10.5. The van der Waals surface area contributed by atoms with E-state index in [0.29, 0.717) is 12.5 Å². The minimum Gasteiger partial charge on any atom is -0.390 e. The van der Waals surface area contributed by atoms with E-state index in [2.05, 4.69) is 63.3 Å². The van der Waals surface area contributed by atoms with Gasteiger partial charge in [-0.05, 0) is 62.6 Å². The average Bonchev–Trinajstić information content (AvgIpc) is 3.32. The summed E-state index contributed by atoms with van der Waals surface area (Å²) >= 11 is 0. The van der Waals surface area contributed by atoms with Crippen LogP contribution in [0, 0.1) is 12.8 Å². The quantitative estimate of drug-likeness (QED) is 0.738. The molecule has 4 atom stereocenters. The topological polar surface area (TPSA) is 63.0 Å². The minimum absolute atomic E-state index is 0.0365. The summed E-state index contributed by atoms with van der Waals surface area (Å²) in [7, 11) is 0. The molecule has 27 heavy (non-hydrogen) atoms. The second-order valence-electron chi connectivity index (χ2n) is 8.26. The molecule has 3 aromatic rings. The summed E-state index contributed by atoms with van der Waals surface area (Å²) in [6.45, 7) is 6.01. The summed E-state index contributed by atoms with van der Waals surface area (Å²) in [6, 6.07) is 11.2. The van der Waals surface area contributed by atoms with Crippen molar-refractivity contribution in [1.29, 1.82) is 0 Å². The van der Waals surface area contributed by atoms with Crippen LogP contribution in [0.2, 0.25) is 0 Å². The average molecular weight is 361 g/mol. The molecule has 0 amide bonds. The molecule has 0 bridgehead atoms. The third-order valence-corrected chi connectivity index (χ3v) is 6.43. The number of benzene rings is 1. The first-order valence-corrected chi connectivity index (χ1v) is 9.74. The van der Waals surface area contributed by atoms with Crippen LogP contribution >= 0.6 is 0 Å². The van der Waals surface area contributed by atoms with Crippen molar-refractivity contribution in [3.05, 3.63) is 60.9 Å². The molecule has 1 aromatic carbocycles. The fourth-order valence-corrected chi connectivity index (χ4v) is 4.77. The van der Waals surface area contributed by atoms with E-state index >= 15 is 0 Å². The highest BCUT2D eigenvalue weighted by molar-refractivity contribution is 5.87. The predicted octanol–water partition coefficient (Wildman–Crippen LogP) is 4.07. The lowest BCUT2D eigenvalue weighted by molar-refractivity contribution is 0.0356. The Morgan fingerprint density at radius 3 is 2.93 bits per heavy atom. The van der Waals surface area contributed by atoms with Crippen LogP contribution in [0.1, 0.15) is 49.4 Å². The van der Waals surface area contributed by atoms with Crippen LogP contribution in [-0.2, 0) is 6.42 Å². The van der Waals surface area contributed by atoms with Gasteiger partial charge in [0.2, 0.25) is 0 Å². The van der Waals surface area contributed by atoms with Crippen LogP contribution in [0.3, 0.4) is 0 Å². The van der Waals surface area contributed by atoms with E-state index in [1.54, 1.807) is 6.33 Å². The molecule has 5 heteroatoms. The Labute approximate surface area is 159 Å². The van der Waals surface area contributed by atoms with Crippen molar-refractivity contribution < 1.29 is 5.11 Å². The van der Waals surface area contributed by atoms with E-state index in [1.807, 2.05) is 6.92 Å². The van der Waals surface area contributed by atoms with Crippen LogP contribution in [-0.4, -0.2) is 25.2 Å². The molecule has 5 nitrogen and oxygen atoms in total. The van der Waals surface area contributed by atoms with Gasteiger partial charge < -0.3 is 15.0 Å². The number of hydrogen-bond acceptors (Lipinski definition) is 4. The molecule has 2 aliphatic carbocycles. The maximum atomic E-state index is 10.5. The third kappa shape index (κ3) is 2.72. The van der Waals surface area contributed by atoms with Crippen LogP contribution in [0.4, 0.5) is 5.82 Å². The summed E-state index contributed by atoms with van der Waals surface area (Å²) in [4.78, 5) is 9.08. The van der Waals surface area contributed by atoms with Crippen molar-refractivity contribution in [2.45, 2.75) is 50.3 Å². The standard InChI is InChI=1S/C22H25N4O/c1-14-11-16(12-22(14,2)27)26-10-9-18-20(23-13-24-21(18)26)25-19-8-7-15-5-3-4-6-17(15)19/h3-6,9-10,13-14,16,19,27H,1,7-8,11-12H2,2H3,(H,23,24,25)/t14-,16+,19-,22-/m0/s1. The predicted molar refractivity (Wildman–Crippen MR) is 106 cm³/mol. The molecule has 1 radical (unpaired) electrons. The molecule has 0 aliphatic heterocycles. The Kier molecular flexibility index (Phi) is 3.76. The van der Waals surface area contributed by atoms with Gasteiger partial charge in [-0.2, -0.15) is 0 Å². The highest BCUT2D eigenvalue weighted by Crippen LogP contribution is 2.43. The van der Waals surface area contributed by atoms with Gasteiger partial charge in [-0.15, -0.1) is 0 Å². The smallest absolute Gasteiger partial charge is 0.145 e. The van der Waals surface area contributed by atoms with Gasteiger partial charge in [0.05, 0.1) is 17.0 Å². The van der Waals surface area contributed by atoms with Gasteiger partial charge >= 0.3 is 0 Å². The highest BCUT2D eigenvalue weighted by Gasteiger charge is 2.41. The Bertz CT molecular complexity index is 993. The normalized spacial score (nSPS) is 30.0. The van der Waals surface area contributed by atoms with Gasteiger partial charge in [0.15, 0.2) is 0 Å². The number of fused-ring (bicyclic) bond motifs is 2. The van der Waals surface area contributed by atoms with Crippen LogP contribution < -0.4 is 5.32 Å². The Morgan fingerprint density at radius 1 is 1.26 bits per heavy atom. The lowest BCUT2D eigenvalue weighted by Gasteiger charge is -2.21. The molecule has 1 saturated carbocycles. The van der Waals surface area contributed by atoms with E-state index in [9.17, 15) is 5.11 Å². The van der Waals surface area contributed by atoms with Gasteiger partial charge in [0.25, 0.3) is 0 Å². The zero-order valence-electron chi connectivity index (χ0n) is 15.6. The zero-order valence-corrected chi connectivity index (χ0v) is 15.6. The molecule has 139 valence electrons. The first-order chi connectivity index (χ1) is 13.0. The number of nitrogens with one attached hydrogen (secondary N) is 1. The number of aliphatic hydroxyl groups is 1. The molecule has 2 aliphatic rings. The molecule has 5 rings (SSSR count). The minimum atomic E-state index is -0.719. The second-order valence-corrected chi connectivity index (χ2v) is 8.26. The fourth-order valence-electron chi connectivity index (χ4n) is 4.77. The molecule has 2 heterocycles. The number of nitrogens with zero attached hydrogens (tertiary/aromatic N) is 3. The number of aryl methyl sites for hydroxylation is 1. The van der Waals surface area contributed by atoms with Gasteiger partial charge in [-0.1, -0.05) is 24.3 Å². The van der Waals surface area contributed by atoms with E-state index in [1.165, 1.54) is 11.1 Å². The highest BCUT2D eigenvalue weighted by atomic mass is 16.3. The lowest BCUT2D eigenvalue weighted by atomic mass is 9.95. The summed E-state index contributed by atoms with van der Waals surface area (Å²) in [6.07, 6.45) is 7.46. The second kappa shape index (κ2) is 6.06. The van der Waals surface area contributed by atoms with Gasteiger partial charge in [0.1, 0.15) is 17.8 Å². The molecule has 0 saturated heterocycles. The van der Waals surface area contributed by atoms with Crippen molar-refractivity contribution >= 4 is 16.9 Å². The van der Waals surface area contributed by atoms with Crippen molar-refractivity contribution in [2.24, 2.45) is 5.92 Å². The van der Waals surface area contributed by atoms with E-state index in [-0.39, 0.29) is 12.0 Å². The molecular weight excluding hydrogens is 336 g/mol. The monoisotopic (exact) mass is 361 g/mol. The molecular formula is C22H25N4O. The maximum Gasteiger partial charge on any atom is 0.145 e. The fraction of sp³-hybridized carbons (Fsp3) is 0.409. The van der Waals surface area contributed by atoms with Crippen LogP contribution in [0.15, 0.2) is 42.9 Å². The molecule has 0 spiro atoms. The SMILES string of the molecule is [CH2][C@H]1C[C@@H](n2ccc3c(N[C@H]4CCc5ccccc54)ncnc32)C[C@]1(C)O. The van der Waals surface area contributed by atoms with Crippen molar-refractivity contribution in [3.63, 3.8) is 0 Å². The van der Waals surface area contributed by atoms with Crippen molar-refractivity contribution in [2.75, 3.05) is 5.32 Å². The summed E-state index contributed by atoms with van der Waals surface area (Å²) in [5.74, 6) is 0.922. The third-order valence-electron chi connectivity index (χ3n) is 6.43. The molecule has 1 fully saturated rings. The van der Waals surface area contributed by atoms with Gasteiger partial charge in [-0.3, -0.25) is 0 Å². The van der Waals surface area contributed by atoms with E-state index in [0.717, 1.165) is 36.1 Å². The Hall–Kier alpha value is -2.40. The van der Waals surface area contributed by atoms with E-state index < -0.39 is 5.60 Å². The molecule has 2 N–H and O–H groups in total. The van der Waals surface area contributed by atoms with Crippen LogP contribution in [0.5, 0.6) is 0 Å². The molecule has 0 unspecified atom stereocenters. The van der Waals surface area contributed by atoms with Crippen LogP contribution in [0.25, 0.3) is 11.0 Å². The number of aromatic nitrogens is 3. The number of hydrogen-bond donors (Lipinski definition) is 2. The van der Waals surface area contributed by atoms with Gasteiger partial charge in [-0.25, -0.2) is 9.97 Å². The zero-order chi connectivity index (χ0) is 18.6. The summed E-state index contributed by atoms with van der Waals surface area (Å²) in [5.41, 5.74) is 3.00. The first-order valence-electron chi connectivity index (χ1n) is 9.74. The molecule has 2 aromatic heterocycles. The Morgan fingerprint density at radius 2 is 2.11 bits per heavy atom. The van der Waals surface area contributed by atoms with Crippen molar-refractivity contribution in [3.8, 4) is 0 Å². The Balaban J connectivity index is 1.47. The number of rotatable bonds is 3. The van der Waals surface area contributed by atoms with Gasteiger partial charge in [0, 0.05) is 12.2 Å². The van der Waals surface area contributed by atoms with E-state index in [4.69, 9.17) is 0 Å². The first kappa shape index (κ1) is 16.8. The largest absolute Gasteiger partial charge is 0.390 e. The number of anilines is 1. The summed E-state index contributed by atoms with van der Waals surface area (Å²) < 4.78 is 2.18. The van der Waals surface area contributed by atoms with Crippen molar-refractivity contribution in [1.82, 2.24) is 14.5 Å². The summed E-state index contributed by atoms with van der Waals surface area (Å²) in [5, 5.41) is 15.2.